The third-order valence-electron chi connectivity index (χ3n) is 0.480. The molecule has 0 aromatic carbocycles. The minimum Gasteiger partial charge on any atom is -0.0875 e. The first kappa shape index (κ1) is 6.18. The van der Waals surface area contributed by atoms with Gasteiger partial charge in [0, 0.05) is 10.2 Å². The van der Waals surface area contributed by atoms with E-state index >= 15 is 0 Å². The molecule has 0 aromatic rings. The van der Waals surface area contributed by atoms with Crippen molar-refractivity contribution in [3.8, 4) is 0 Å². The summed E-state index contributed by atoms with van der Waals surface area (Å²) in [5, 5.41) is 1.54. The van der Waals surface area contributed by atoms with Crippen LogP contribution < -0.4 is 0 Å². The van der Waals surface area contributed by atoms with Crippen LogP contribution in [0.15, 0.2) is 0 Å². The fourth-order valence-corrected chi connectivity index (χ4v) is 0.250. The molecule has 0 unspecified atom stereocenters. The Morgan fingerprint density at radius 3 is 2.33 bits per heavy atom. The first-order chi connectivity index (χ1) is 2.81. The molecule has 0 aliphatic carbocycles. The quantitative estimate of drug-likeness (QED) is 0.507. The standard InChI is InChI=1S/C4H6S2/c1-2-4(6)3-5/h3H,2H2,1H3. The van der Waals surface area contributed by atoms with E-state index in [2.05, 4.69) is 12.2 Å². The minimum absolute atomic E-state index is 0.866. The van der Waals surface area contributed by atoms with Crippen LogP contribution in [0.2, 0.25) is 0 Å². The van der Waals surface area contributed by atoms with E-state index in [-0.39, 0.29) is 0 Å². The molecule has 0 N–H and O–H groups in total. The Labute approximate surface area is 48.6 Å². The molecule has 0 aromatic heterocycles. The van der Waals surface area contributed by atoms with Crippen LogP contribution in [0.5, 0.6) is 0 Å². The van der Waals surface area contributed by atoms with Crippen molar-refractivity contribution in [2.24, 2.45) is 0 Å². The van der Waals surface area contributed by atoms with Gasteiger partial charge in [0.2, 0.25) is 0 Å². The van der Waals surface area contributed by atoms with Gasteiger partial charge in [-0.25, -0.2) is 0 Å². The molecule has 0 radical (unpaired) electrons. The van der Waals surface area contributed by atoms with Crippen molar-refractivity contribution in [2.45, 2.75) is 13.3 Å². The molecule has 0 amide bonds. The topological polar surface area (TPSA) is 0 Å². The zero-order valence-corrected chi connectivity index (χ0v) is 5.23. The van der Waals surface area contributed by atoms with Crippen LogP contribution >= 0.6 is 24.4 Å². The molecule has 2 heteroatoms. The molecular weight excluding hydrogens is 112 g/mol. The number of hydrogen-bond donors (Lipinski definition) is 0. The van der Waals surface area contributed by atoms with Crippen LogP contribution in [0.4, 0.5) is 0 Å². The lowest BCUT2D eigenvalue weighted by Gasteiger charge is -1.78. The van der Waals surface area contributed by atoms with Crippen molar-refractivity contribution in [1.82, 2.24) is 0 Å². The maximum Gasteiger partial charge on any atom is 0.0256 e. The van der Waals surface area contributed by atoms with Gasteiger partial charge in [0.15, 0.2) is 0 Å². The zero-order valence-electron chi connectivity index (χ0n) is 3.60. The maximum atomic E-state index is 4.70. The average Bonchev–Trinajstić information content (AvgIpc) is 1.65. The Kier molecular flexibility index (Phi) is 3.47. The Balaban J connectivity index is 3.23. The fourth-order valence-electron chi connectivity index (χ4n) is 0.0833. The van der Waals surface area contributed by atoms with Crippen LogP contribution in [-0.2, 0) is 0 Å². The van der Waals surface area contributed by atoms with Gasteiger partial charge in [-0.1, -0.05) is 31.4 Å². The summed E-state index contributed by atoms with van der Waals surface area (Å²) in [7, 11) is 0. The van der Waals surface area contributed by atoms with Crippen LogP contribution in [0.3, 0.4) is 0 Å². The number of rotatable bonds is 2. The molecule has 0 aliphatic heterocycles. The highest BCUT2D eigenvalue weighted by atomic mass is 32.1. The van der Waals surface area contributed by atoms with Crippen LogP contribution in [0.25, 0.3) is 0 Å². The molecule has 0 rings (SSSR count). The van der Waals surface area contributed by atoms with Gasteiger partial charge in [-0.2, -0.15) is 0 Å². The number of hydrogen-bond acceptors (Lipinski definition) is 2. The van der Waals surface area contributed by atoms with Crippen LogP contribution in [-0.4, -0.2) is 10.2 Å². The molecule has 0 nitrogen and oxygen atoms in total. The predicted octanol–water partition coefficient (Wildman–Crippen LogP) is 1.77. The van der Waals surface area contributed by atoms with E-state index in [4.69, 9.17) is 12.2 Å². The normalized spacial score (nSPS) is 7.50. The Hall–Kier alpha value is 0.180. The van der Waals surface area contributed by atoms with E-state index < -0.39 is 0 Å². The fraction of sp³-hybridized carbons (Fsp3) is 0.500. The maximum absolute atomic E-state index is 4.70. The van der Waals surface area contributed by atoms with Gasteiger partial charge >= 0.3 is 0 Å². The van der Waals surface area contributed by atoms with Crippen molar-refractivity contribution in [3.63, 3.8) is 0 Å². The Morgan fingerprint density at radius 2 is 2.33 bits per heavy atom. The second-order valence-corrected chi connectivity index (χ2v) is 1.70. The van der Waals surface area contributed by atoms with Gasteiger partial charge < -0.3 is 0 Å². The highest BCUT2D eigenvalue weighted by molar-refractivity contribution is 7.88. The SMILES string of the molecule is CCC(=S)C=S. The lowest BCUT2D eigenvalue weighted by atomic mass is 10.4. The second kappa shape index (κ2) is 3.37. The first-order valence-electron chi connectivity index (χ1n) is 1.79. The predicted molar refractivity (Wildman–Crippen MR) is 36.5 cm³/mol. The van der Waals surface area contributed by atoms with Crippen molar-refractivity contribution in [3.05, 3.63) is 0 Å². The van der Waals surface area contributed by atoms with Crippen molar-refractivity contribution in [1.29, 1.82) is 0 Å². The lowest BCUT2D eigenvalue weighted by Crippen LogP contribution is -1.86. The Morgan fingerprint density at radius 1 is 1.83 bits per heavy atom. The number of thiocarbonyl (C=S) groups is 2. The zero-order chi connectivity index (χ0) is 4.99. The molecular formula is C4H6S2. The second-order valence-electron chi connectivity index (χ2n) is 0.938. The highest BCUT2D eigenvalue weighted by Gasteiger charge is 1.77. The summed E-state index contributed by atoms with van der Waals surface area (Å²) in [6.45, 7) is 1.99. The molecule has 34 valence electrons. The van der Waals surface area contributed by atoms with Crippen LogP contribution in [0, 0.1) is 0 Å². The summed E-state index contributed by atoms with van der Waals surface area (Å²) in [4.78, 5) is 0.866. The van der Waals surface area contributed by atoms with Crippen molar-refractivity contribution < 1.29 is 0 Å². The summed E-state index contributed by atoms with van der Waals surface area (Å²) in [5.41, 5.74) is 0. The van der Waals surface area contributed by atoms with Crippen molar-refractivity contribution in [2.75, 3.05) is 0 Å². The van der Waals surface area contributed by atoms with Gasteiger partial charge in [0.05, 0.1) is 0 Å². The van der Waals surface area contributed by atoms with Crippen molar-refractivity contribution >= 4 is 34.7 Å². The largest absolute Gasteiger partial charge is 0.0875 e. The van der Waals surface area contributed by atoms with Gasteiger partial charge in [-0.3, -0.25) is 0 Å². The van der Waals surface area contributed by atoms with E-state index in [1.807, 2.05) is 6.92 Å². The van der Waals surface area contributed by atoms with Crippen LogP contribution in [0.1, 0.15) is 13.3 Å². The molecule has 0 fully saturated rings. The molecule has 0 saturated heterocycles. The summed E-state index contributed by atoms with van der Waals surface area (Å²) >= 11 is 9.20. The van der Waals surface area contributed by atoms with E-state index in [0.29, 0.717) is 0 Å². The molecule has 0 aliphatic rings. The molecule has 6 heavy (non-hydrogen) atoms. The minimum atomic E-state index is 0.866. The van der Waals surface area contributed by atoms with E-state index in [1.54, 1.807) is 0 Å². The Bertz CT molecular complexity index is 65.9. The third-order valence-corrected chi connectivity index (χ3v) is 1.32. The van der Waals surface area contributed by atoms with E-state index in [1.165, 1.54) is 5.37 Å². The van der Waals surface area contributed by atoms with Gasteiger partial charge in [0.1, 0.15) is 0 Å². The molecule has 0 heterocycles. The first-order valence-corrected chi connectivity index (χ1v) is 2.67. The molecule has 0 atom stereocenters. The van der Waals surface area contributed by atoms with Gasteiger partial charge in [-0.15, -0.1) is 0 Å². The highest BCUT2D eigenvalue weighted by Crippen LogP contribution is 1.78. The summed E-state index contributed by atoms with van der Waals surface area (Å²) in [6.07, 6.45) is 0.902. The van der Waals surface area contributed by atoms with Gasteiger partial charge in [-0.05, 0) is 6.42 Å². The summed E-state index contributed by atoms with van der Waals surface area (Å²) in [5.74, 6) is 0. The third kappa shape index (κ3) is 2.42. The summed E-state index contributed by atoms with van der Waals surface area (Å²) in [6, 6.07) is 0. The molecule has 0 spiro atoms. The lowest BCUT2D eigenvalue weighted by molar-refractivity contribution is 1.34. The van der Waals surface area contributed by atoms with E-state index in [9.17, 15) is 0 Å². The monoisotopic (exact) mass is 118 g/mol. The average molecular weight is 118 g/mol. The molecule has 0 saturated carbocycles. The smallest absolute Gasteiger partial charge is 0.0256 e. The van der Waals surface area contributed by atoms with Gasteiger partial charge in [0.25, 0.3) is 0 Å². The molecule has 0 bridgehead atoms. The van der Waals surface area contributed by atoms with E-state index in [0.717, 1.165) is 11.3 Å². The summed E-state index contributed by atoms with van der Waals surface area (Å²) < 4.78 is 0.